The van der Waals surface area contributed by atoms with Crippen molar-refractivity contribution >= 4 is 21.9 Å². The summed E-state index contributed by atoms with van der Waals surface area (Å²) in [5.41, 5.74) is 1.24. The molecule has 0 aliphatic rings. The van der Waals surface area contributed by atoms with Gasteiger partial charge in [-0.1, -0.05) is 48.5 Å². The van der Waals surface area contributed by atoms with E-state index in [0.29, 0.717) is 17.9 Å². The molecule has 0 saturated heterocycles. The van der Waals surface area contributed by atoms with Gasteiger partial charge in [0.25, 0.3) is 15.7 Å². The van der Waals surface area contributed by atoms with Crippen LogP contribution in [0.2, 0.25) is 0 Å². The summed E-state index contributed by atoms with van der Waals surface area (Å²) < 4.78 is 30.4. The third-order valence-electron chi connectivity index (χ3n) is 3.87. The third kappa shape index (κ3) is 5.39. The van der Waals surface area contributed by atoms with Crippen molar-refractivity contribution in [1.82, 2.24) is 4.83 Å². The Labute approximate surface area is 167 Å². The number of nitrogens with one attached hydrogen (secondary N) is 1. The smallest absolute Gasteiger partial charge is 0.276 e. The highest BCUT2D eigenvalue weighted by Crippen LogP contribution is 2.19. The molecule has 0 amide bonds. The molecule has 0 fully saturated rings. The Kier molecular flexibility index (Phi) is 6.20. The number of para-hydroxylation sites is 1. The molecule has 0 bridgehead atoms. The van der Waals surface area contributed by atoms with Crippen molar-refractivity contribution < 1.29 is 18.1 Å². The summed E-state index contributed by atoms with van der Waals surface area (Å²) >= 11 is 0. The zero-order valence-electron chi connectivity index (χ0n) is 15.1. The number of rotatable bonds is 8. The van der Waals surface area contributed by atoms with E-state index in [0.717, 1.165) is 11.6 Å². The number of ether oxygens (including phenoxy) is 1. The maximum absolute atomic E-state index is 12.3. The number of hydrazone groups is 1. The van der Waals surface area contributed by atoms with Crippen molar-refractivity contribution in [2.24, 2.45) is 5.10 Å². The molecule has 0 radical (unpaired) electrons. The summed E-state index contributed by atoms with van der Waals surface area (Å²) in [6.07, 6.45) is 1.31. The number of non-ortho nitro benzene ring substituents is 1. The average Bonchev–Trinajstić information content (AvgIpc) is 2.74. The standard InChI is InChI=1S/C20H17N3O5S/c24-23(25)18-10-6-11-19(13-18)29(26,27)22-21-14-17-9-4-5-12-20(17)28-15-16-7-2-1-3-8-16/h1-14,22H,15H2/b21-14+. The highest BCUT2D eigenvalue weighted by atomic mass is 32.2. The van der Waals surface area contributed by atoms with Gasteiger partial charge in [-0.2, -0.15) is 13.5 Å². The van der Waals surface area contributed by atoms with Gasteiger partial charge in [0.1, 0.15) is 12.4 Å². The Morgan fingerprint density at radius 2 is 1.72 bits per heavy atom. The lowest BCUT2D eigenvalue weighted by Gasteiger charge is -2.09. The number of nitro benzene ring substituents is 1. The predicted octanol–water partition coefficient (Wildman–Crippen LogP) is 3.49. The predicted molar refractivity (Wildman–Crippen MR) is 108 cm³/mol. The molecule has 3 rings (SSSR count). The van der Waals surface area contributed by atoms with Gasteiger partial charge in [0.05, 0.1) is 16.0 Å². The molecule has 0 aliphatic carbocycles. The molecular weight excluding hydrogens is 394 g/mol. The molecule has 3 aromatic carbocycles. The van der Waals surface area contributed by atoms with Crippen LogP contribution in [0.3, 0.4) is 0 Å². The Balaban J connectivity index is 1.71. The van der Waals surface area contributed by atoms with Crippen molar-refractivity contribution in [2.45, 2.75) is 11.5 Å². The molecule has 148 valence electrons. The summed E-state index contributed by atoms with van der Waals surface area (Å²) in [5.74, 6) is 0.537. The molecule has 0 unspecified atom stereocenters. The van der Waals surface area contributed by atoms with Crippen LogP contribution in [-0.2, 0) is 16.6 Å². The summed E-state index contributed by atoms with van der Waals surface area (Å²) in [7, 11) is -4.05. The van der Waals surface area contributed by atoms with Gasteiger partial charge in [-0.15, -0.1) is 0 Å². The Morgan fingerprint density at radius 3 is 2.48 bits per heavy atom. The molecule has 9 heteroatoms. The lowest BCUT2D eigenvalue weighted by Crippen LogP contribution is -2.18. The van der Waals surface area contributed by atoms with E-state index in [9.17, 15) is 18.5 Å². The van der Waals surface area contributed by atoms with E-state index in [-0.39, 0.29) is 10.6 Å². The van der Waals surface area contributed by atoms with Crippen LogP contribution in [0.25, 0.3) is 0 Å². The van der Waals surface area contributed by atoms with Gasteiger partial charge in [0.15, 0.2) is 0 Å². The molecular formula is C20H17N3O5S. The van der Waals surface area contributed by atoms with Gasteiger partial charge in [-0.25, -0.2) is 4.83 Å². The van der Waals surface area contributed by atoms with E-state index in [4.69, 9.17) is 4.74 Å². The first-order valence-corrected chi connectivity index (χ1v) is 9.99. The molecule has 29 heavy (non-hydrogen) atoms. The zero-order chi connectivity index (χ0) is 20.7. The largest absolute Gasteiger partial charge is 0.488 e. The van der Waals surface area contributed by atoms with Crippen LogP contribution in [0.5, 0.6) is 5.75 Å². The normalized spacial score (nSPS) is 11.3. The fourth-order valence-corrected chi connectivity index (χ4v) is 3.27. The SMILES string of the molecule is O=[N+]([O-])c1cccc(S(=O)(=O)N/N=C/c2ccccc2OCc2ccccc2)c1. The van der Waals surface area contributed by atoms with Gasteiger partial charge in [0, 0.05) is 17.7 Å². The number of sulfonamides is 1. The van der Waals surface area contributed by atoms with Crippen molar-refractivity contribution in [3.8, 4) is 5.75 Å². The van der Waals surface area contributed by atoms with Crippen LogP contribution in [0.15, 0.2) is 88.9 Å². The van der Waals surface area contributed by atoms with Crippen LogP contribution >= 0.6 is 0 Å². The number of nitrogens with zero attached hydrogens (tertiary/aromatic N) is 2. The zero-order valence-corrected chi connectivity index (χ0v) is 16.0. The van der Waals surface area contributed by atoms with Crippen molar-refractivity contribution in [1.29, 1.82) is 0 Å². The van der Waals surface area contributed by atoms with Gasteiger partial charge < -0.3 is 4.74 Å². The Hall–Kier alpha value is -3.72. The van der Waals surface area contributed by atoms with Gasteiger partial charge >= 0.3 is 0 Å². The maximum Gasteiger partial charge on any atom is 0.276 e. The van der Waals surface area contributed by atoms with Crippen molar-refractivity contribution in [3.05, 3.63) is 100 Å². The minimum Gasteiger partial charge on any atom is -0.488 e. The van der Waals surface area contributed by atoms with Gasteiger partial charge in [-0.3, -0.25) is 10.1 Å². The highest BCUT2D eigenvalue weighted by molar-refractivity contribution is 7.89. The summed E-state index contributed by atoms with van der Waals surface area (Å²) in [6.45, 7) is 0.352. The monoisotopic (exact) mass is 411 g/mol. The Bertz CT molecular complexity index is 1130. The van der Waals surface area contributed by atoms with E-state index >= 15 is 0 Å². The molecule has 0 heterocycles. The minimum absolute atomic E-state index is 0.252. The van der Waals surface area contributed by atoms with E-state index in [1.165, 1.54) is 24.4 Å². The molecule has 1 N–H and O–H groups in total. The fourth-order valence-electron chi connectivity index (χ4n) is 2.44. The third-order valence-corrected chi connectivity index (χ3v) is 5.09. The van der Waals surface area contributed by atoms with Crippen LogP contribution in [-0.4, -0.2) is 19.6 Å². The number of benzene rings is 3. The van der Waals surface area contributed by atoms with Gasteiger partial charge in [-0.05, 0) is 23.8 Å². The molecule has 0 aromatic heterocycles. The fraction of sp³-hybridized carbons (Fsp3) is 0.0500. The first-order valence-electron chi connectivity index (χ1n) is 8.51. The first kappa shape index (κ1) is 20.0. The van der Waals surface area contributed by atoms with Crippen LogP contribution in [0.1, 0.15) is 11.1 Å². The Morgan fingerprint density at radius 1 is 1.00 bits per heavy atom. The molecule has 0 spiro atoms. The van der Waals surface area contributed by atoms with Crippen LogP contribution < -0.4 is 9.57 Å². The second-order valence-corrected chi connectivity index (χ2v) is 7.58. The number of nitro groups is 1. The van der Waals surface area contributed by atoms with Crippen LogP contribution in [0.4, 0.5) is 5.69 Å². The van der Waals surface area contributed by atoms with E-state index in [1.54, 1.807) is 24.3 Å². The molecule has 3 aromatic rings. The lowest BCUT2D eigenvalue weighted by molar-refractivity contribution is -0.385. The maximum atomic E-state index is 12.3. The van der Waals surface area contributed by atoms with E-state index in [1.807, 2.05) is 30.3 Å². The van der Waals surface area contributed by atoms with E-state index < -0.39 is 14.9 Å². The first-order chi connectivity index (χ1) is 14.0. The summed E-state index contributed by atoms with van der Waals surface area (Å²) in [5, 5.41) is 14.6. The number of hydrogen-bond acceptors (Lipinski definition) is 6. The van der Waals surface area contributed by atoms with E-state index in [2.05, 4.69) is 9.93 Å². The summed E-state index contributed by atoms with van der Waals surface area (Å²) in [6, 6.07) is 21.4. The second kappa shape index (κ2) is 8.98. The topological polar surface area (TPSA) is 111 Å². The van der Waals surface area contributed by atoms with Gasteiger partial charge in [0.2, 0.25) is 0 Å². The van der Waals surface area contributed by atoms with Crippen LogP contribution in [0, 0.1) is 10.1 Å². The van der Waals surface area contributed by atoms with Crippen molar-refractivity contribution in [3.63, 3.8) is 0 Å². The summed E-state index contributed by atoms with van der Waals surface area (Å²) in [4.78, 5) is 12.0. The second-order valence-electron chi connectivity index (χ2n) is 5.92. The lowest BCUT2D eigenvalue weighted by atomic mass is 10.2. The quantitative estimate of drug-likeness (QED) is 0.346. The molecule has 0 aliphatic heterocycles. The minimum atomic E-state index is -4.05. The molecule has 8 nitrogen and oxygen atoms in total. The molecule has 0 saturated carbocycles. The average molecular weight is 411 g/mol. The van der Waals surface area contributed by atoms with Crippen molar-refractivity contribution in [2.75, 3.05) is 0 Å². The molecule has 0 atom stereocenters. The number of hydrogen-bond donors (Lipinski definition) is 1. The highest BCUT2D eigenvalue weighted by Gasteiger charge is 2.16.